The number of hydrogen-bond acceptors (Lipinski definition) is 4. The largest absolute Gasteiger partial charge is 0.352 e. The van der Waals surface area contributed by atoms with E-state index in [-0.39, 0.29) is 12.3 Å². The number of rotatable bonds is 7. The highest BCUT2D eigenvalue weighted by Gasteiger charge is 2.08. The summed E-state index contributed by atoms with van der Waals surface area (Å²) in [4.78, 5) is 16.6. The van der Waals surface area contributed by atoms with E-state index in [4.69, 9.17) is 23.2 Å². The summed E-state index contributed by atoms with van der Waals surface area (Å²) in [5.41, 5.74) is 2.95. The molecule has 1 N–H and O–H groups in total. The Bertz CT molecular complexity index is 881. The number of thiazole rings is 1. The van der Waals surface area contributed by atoms with Crippen molar-refractivity contribution >= 4 is 52.2 Å². The average Bonchev–Trinajstić information content (AvgIpc) is 3.07. The predicted molar refractivity (Wildman–Crippen MR) is 110 cm³/mol. The van der Waals surface area contributed by atoms with Crippen LogP contribution in [0.2, 0.25) is 10.0 Å². The van der Waals surface area contributed by atoms with E-state index >= 15 is 0 Å². The summed E-state index contributed by atoms with van der Waals surface area (Å²) < 4.78 is 0.950. The number of carbonyl (C=O) groups excluding carboxylic acids is 1. The van der Waals surface area contributed by atoms with Gasteiger partial charge >= 0.3 is 0 Å². The molecule has 3 aromatic rings. The van der Waals surface area contributed by atoms with Crippen molar-refractivity contribution in [2.24, 2.45) is 0 Å². The molecule has 0 saturated carbocycles. The maximum absolute atomic E-state index is 12.1. The number of amides is 1. The maximum atomic E-state index is 12.1. The molecule has 0 fully saturated rings. The van der Waals surface area contributed by atoms with Gasteiger partial charge in [-0.3, -0.25) is 4.79 Å². The van der Waals surface area contributed by atoms with Crippen LogP contribution >= 0.6 is 46.3 Å². The van der Waals surface area contributed by atoms with Crippen LogP contribution < -0.4 is 5.32 Å². The van der Waals surface area contributed by atoms with E-state index in [1.807, 2.05) is 53.9 Å². The van der Waals surface area contributed by atoms with Crippen LogP contribution in [0.4, 0.5) is 0 Å². The molecular formula is C19H16Cl2N2OS2. The Labute approximate surface area is 170 Å². The Morgan fingerprint density at radius 1 is 1.08 bits per heavy atom. The first kappa shape index (κ1) is 19.2. The molecule has 0 saturated heterocycles. The van der Waals surface area contributed by atoms with E-state index in [0.717, 1.165) is 31.9 Å². The summed E-state index contributed by atoms with van der Waals surface area (Å²) in [5, 5.41) is 6.26. The first-order chi connectivity index (χ1) is 12.6. The molecule has 0 spiro atoms. The first-order valence-electron chi connectivity index (χ1n) is 7.91. The van der Waals surface area contributed by atoms with Gasteiger partial charge in [0.1, 0.15) is 4.34 Å². The van der Waals surface area contributed by atoms with Gasteiger partial charge in [0.25, 0.3) is 0 Å². The SMILES string of the molecule is O=C(Cc1csc(SCc2cccc(Cl)c2)n1)NCc1ccc(Cl)cc1. The second kappa shape index (κ2) is 9.42. The lowest BCUT2D eigenvalue weighted by Crippen LogP contribution is -2.24. The Balaban J connectivity index is 1.46. The van der Waals surface area contributed by atoms with Crippen molar-refractivity contribution in [3.63, 3.8) is 0 Å². The number of nitrogens with zero attached hydrogens (tertiary/aromatic N) is 1. The Morgan fingerprint density at radius 3 is 2.65 bits per heavy atom. The highest BCUT2D eigenvalue weighted by molar-refractivity contribution is 8.00. The van der Waals surface area contributed by atoms with Crippen molar-refractivity contribution in [3.8, 4) is 0 Å². The number of benzene rings is 2. The van der Waals surface area contributed by atoms with Crippen molar-refractivity contribution in [1.82, 2.24) is 10.3 Å². The van der Waals surface area contributed by atoms with Crippen molar-refractivity contribution in [2.45, 2.75) is 23.1 Å². The predicted octanol–water partition coefficient (Wildman–Crippen LogP) is 5.60. The summed E-state index contributed by atoms with van der Waals surface area (Å²) in [6, 6.07) is 15.2. The molecule has 7 heteroatoms. The van der Waals surface area contributed by atoms with Gasteiger partial charge in [-0.2, -0.15) is 0 Å². The monoisotopic (exact) mass is 422 g/mol. The van der Waals surface area contributed by atoms with Gasteiger partial charge in [0.2, 0.25) is 5.91 Å². The molecule has 0 bridgehead atoms. The third kappa shape index (κ3) is 6.02. The Kier molecular flexibility index (Phi) is 6.97. The molecule has 26 heavy (non-hydrogen) atoms. The minimum Gasteiger partial charge on any atom is -0.352 e. The third-order valence-corrected chi connectivity index (χ3v) is 6.15. The molecular weight excluding hydrogens is 407 g/mol. The zero-order valence-corrected chi connectivity index (χ0v) is 16.9. The summed E-state index contributed by atoms with van der Waals surface area (Å²) in [6.45, 7) is 0.483. The zero-order valence-electron chi connectivity index (χ0n) is 13.7. The van der Waals surface area contributed by atoms with E-state index in [1.54, 1.807) is 23.1 Å². The van der Waals surface area contributed by atoms with E-state index in [9.17, 15) is 4.79 Å². The van der Waals surface area contributed by atoms with Crippen molar-refractivity contribution in [2.75, 3.05) is 0 Å². The van der Waals surface area contributed by atoms with Crippen LogP contribution in [0.25, 0.3) is 0 Å². The topological polar surface area (TPSA) is 42.0 Å². The molecule has 0 aliphatic heterocycles. The molecule has 1 heterocycles. The van der Waals surface area contributed by atoms with Crippen LogP contribution in [0, 0.1) is 0 Å². The zero-order chi connectivity index (χ0) is 18.4. The highest BCUT2D eigenvalue weighted by Crippen LogP contribution is 2.27. The summed E-state index contributed by atoms with van der Waals surface area (Å²) in [7, 11) is 0. The molecule has 1 aromatic heterocycles. The fourth-order valence-electron chi connectivity index (χ4n) is 2.24. The van der Waals surface area contributed by atoms with Crippen molar-refractivity contribution < 1.29 is 4.79 Å². The second-order valence-corrected chi connectivity index (χ2v) is 8.56. The number of hydrogen-bond donors (Lipinski definition) is 1. The van der Waals surface area contributed by atoms with Crippen LogP contribution in [0.5, 0.6) is 0 Å². The summed E-state index contributed by atoms with van der Waals surface area (Å²) in [6.07, 6.45) is 0.280. The fourth-order valence-corrected chi connectivity index (χ4v) is 4.36. The molecule has 0 aliphatic rings. The second-order valence-electron chi connectivity index (χ2n) is 5.60. The van der Waals surface area contributed by atoms with Gasteiger partial charge in [0.15, 0.2) is 0 Å². The minimum atomic E-state index is -0.0448. The molecule has 3 nitrogen and oxygen atoms in total. The van der Waals surface area contributed by atoms with Gasteiger partial charge < -0.3 is 5.32 Å². The normalized spacial score (nSPS) is 10.7. The van der Waals surface area contributed by atoms with E-state index in [1.165, 1.54) is 0 Å². The highest BCUT2D eigenvalue weighted by atomic mass is 35.5. The first-order valence-corrected chi connectivity index (χ1v) is 10.5. The number of halogens is 2. The van der Waals surface area contributed by atoms with Gasteiger partial charge in [0.05, 0.1) is 12.1 Å². The van der Waals surface area contributed by atoms with E-state index in [2.05, 4.69) is 10.3 Å². The average molecular weight is 423 g/mol. The quantitative estimate of drug-likeness (QED) is 0.503. The smallest absolute Gasteiger partial charge is 0.226 e. The van der Waals surface area contributed by atoms with Crippen LogP contribution in [0.3, 0.4) is 0 Å². The molecule has 3 rings (SSSR count). The van der Waals surface area contributed by atoms with Crippen molar-refractivity contribution in [1.29, 1.82) is 0 Å². The van der Waals surface area contributed by atoms with E-state index < -0.39 is 0 Å². The lowest BCUT2D eigenvalue weighted by atomic mass is 10.2. The number of thioether (sulfide) groups is 1. The molecule has 0 aliphatic carbocycles. The molecule has 1 amide bonds. The van der Waals surface area contributed by atoms with Crippen LogP contribution in [-0.2, 0) is 23.5 Å². The van der Waals surface area contributed by atoms with Crippen LogP contribution in [-0.4, -0.2) is 10.9 Å². The van der Waals surface area contributed by atoms with Gasteiger partial charge in [-0.25, -0.2) is 4.98 Å². The lowest BCUT2D eigenvalue weighted by Gasteiger charge is -2.04. The molecule has 0 radical (unpaired) electrons. The molecule has 0 unspecified atom stereocenters. The number of carbonyl (C=O) groups is 1. The maximum Gasteiger partial charge on any atom is 0.226 e. The summed E-state index contributed by atoms with van der Waals surface area (Å²) in [5.74, 6) is 0.757. The number of nitrogens with one attached hydrogen (secondary N) is 1. The Hall–Kier alpha value is -1.53. The third-order valence-electron chi connectivity index (χ3n) is 3.53. The fraction of sp³-hybridized carbons (Fsp3) is 0.158. The van der Waals surface area contributed by atoms with E-state index in [0.29, 0.717) is 11.6 Å². The standard InChI is InChI=1S/C19H16Cl2N2OS2/c20-15-6-4-13(5-7-15)10-22-18(24)9-17-12-26-19(23-17)25-11-14-2-1-3-16(21)8-14/h1-8,12H,9-11H2,(H,22,24). The molecule has 134 valence electrons. The van der Waals surface area contributed by atoms with Crippen LogP contribution in [0.1, 0.15) is 16.8 Å². The number of aromatic nitrogens is 1. The van der Waals surface area contributed by atoms with Crippen LogP contribution in [0.15, 0.2) is 58.3 Å². The summed E-state index contributed by atoms with van der Waals surface area (Å²) >= 11 is 15.1. The van der Waals surface area contributed by atoms with Gasteiger partial charge in [-0.1, -0.05) is 59.2 Å². The van der Waals surface area contributed by atoms with Gasteiger partial charge in [-0.05, 0) is 35.4 Å². The Morgan fingerprint density at radius 2 is 1.88 bits per heavy atom. The van der Waals surface area contributed by atoms with Crippen molar-refractivity contribution in [3.05, 3.63) is 80.8 Å². The molecule has 2 aromatic carbocycles. The van der Waals surface area contributed by atoms with Gasteiger partial charge in [0, 0.05) is 27.7 Å². The minimum absolute atomic E-state index is 0.0448. The van der Waals surface area contributed by atoms with Gasteiger partial charge in [-0.15, -0.1) is 11.3 Å². The lowest BCUT2D eigenvalue weighted by molar-refractivity contribution is -0.120. The molecule has 0 atom stereocenters.